The van der Waals surface area contributed by atoms with Gasteiger partial charge in [-0.1, -0.05) is 29.8 Å². The number of likely N-dealkylation sites (N-methyl/N-ethyl adjacent to an activating group) is 1. The van der Waals surface area contributed by atoms with Crippen LogP contribution in [0, 0.1) is 20.8 Å². The fraction of sp³-hybridized carbons (Fsp3) is 0.273. The van der Waals surface area contributed by atoms with Crippen LogP contribution in [0.25, 0.3) is 5.69 Å². The highest BCUT2D eigenvalue weighted by atomic mass is 35.5. The second kappa shape index (κ2) is 8.59. The van der Waals surface area contributed by atoms with Crippen LogP contribution in [0.5, 0.6) is 0 Å². The third kappa shape index (κ3) is 4.61. The zero-order chi connectivity index (χ0) is 20.3. The minimum atomic E-state index is -0.0197. The van der Waals surface area contributed by atoms with Crippen molar-refractivity contribution in [2.45, 2.75) is 27.3 Å². The van der Waals surface area contributed by atoms with Crippen molar-refractivity contribution >= 4 is 23.2 Å². The van der Waals surface area contributed by atoms with E-state index in [4.69, 9.17) is 16.7 Å². The summed E-state index contributed by atoms with van der Waals surface area (Å²) in [5.74, 6) is -0.0197. The molecule has 0 saturated heterocycles. The van der Waals surface area contributed by atoms with Gasteiger partial charge in [-0.2, -0.15) is 5.10 Å². The molecule has 2 aromatic carbocycles. The van der Waals surface area contributed by atoms with Crippen LogP contribution in [0.15, 0.2) is 48.5 Å². The summed E-state index contributed by atoms with van der Waals surface area (Å²) in [6, 6.07) is 15.6. The number of amides is 1. The Morgan fingerprint density at radius 1 is 1.14 bits per heavy atom. The Morgan fingerprint density at radius 2 is 1.86 bits per heavy atom. The normalized spacial score (nSPS) is 12.0. The number of halogens is 1. The number of nitrogens with one attached hydrogen (secondary N) is 2. The van der Waals surface area contributed by atoms with Gasteiger partial charge in [0.05, 0.1) is 29.7 Å². The first-order valence-electron chi connectivity index (χ1n) is 9.33. The van der Waals surface area contributed by atoms with Crippen LogP contribution in [0.1, 0.15) is 22.5 Å². The minimum Gasteiger partial charge on any atom is -0.326 e. The Hall–Kier alpha value is -2.63. The van der Waals surface area contributed by atoms with Gasteiger partial charge in [-0.05, 0) is 56.7 Å². The van der Waals surface area contributed by atoms with Crippen LogP contribution in [0.4, 0.5) is 5.69 Å². The fourth-order valence-corrected chi connectivity index (χ4v) is 3.58. The molecule has 0 bridgehead atoms. The number of hydrogen-bond acceptors (Lipinski definition) is 2. The van der Waals surface area contributed by atoms with E-state index in [2.05, 4.69) is 12.2 Å². The van der Waals surface area contributed by atoms with Gasteiger partial charge >= 0.3 is 0 Å². The van der Waals surface area contributed by atoms with E-state index >= 15 is 0 Å². The molecule has 6 heteroatoms. The first kappa shape index (κ1) is 20.1. The quantitative estimate of drug-likeness (QED) is 0.671. The first-order chi connectivity index (χ1) is 13.3. The summed E-state index contributed by atoms with van der Waals surface area (Å²) in [6.07, 6.45) is 0. The van der Waals surface area contributed by atoms with Gasteiger partial charge in [0.25, 0.3) is 5.91 Å². The number of carbonyl (C=O) groups excluding carboxylic acids is 1. The Balaban J connectivity index is 1.67. The molecule has 2 N–H and O–H groups in total. The average molecular weight is 398 g/mol. The van der Waals surface area contributed by atoms with Crippen LogP contribution in [0.2, 0.25) is 5.02 Å². The number of aryl methyl sites for hydroxylation is 2. The van der Waals surface area contributed by atoms with Gasteiger partial charge in [0, 0.05) is 10.7 Å². The van der Waals surface area contributed by atoms with E-state index in [1.54, 1.807) is 6.07 Å². The van der Waals surface area contributed by atoms with E-state index in [1.807, 2.05) is 68.0 Å². The number of hydrogen-bond donors (Lipinski definition) is 2. The second-order valence-corrected chi connectivity index (χ2v) is 7.65. The summed E-state index contributed by atoms with van der Waals surface area (Å²) in [5.41, 5.74) is 6.08. The summed E-state index contributed by atoms with van der Waals surface area (Å²) < 4.78 is 1.97. The van der Waals surface area contributed by atoms with E-state index in [9.17, 15) is 4.79 Å². The molecule has 0 fully saturated rings. The third-order valence-corrected chi connectivity index (χ3v) is 5.08. The highest BCUT2D eigenvalue weighted by molar-refractivity contribution is 6.30. The molecule has 1 heterocycles. The second-order valence-electron chi connectivity index (χ2n) is 7.21. The first-order valence-corrected chi connectivity index (χ1v) is 9.70. The smallest absolute Gasteiger partial charge is 0.279 e. The fourth-order valence-electron chi connectivity index (χ4n) is 3.35. The molecule has 0 spiro atoms. The molecule has 0 aliphatic carbocycles. The van der Waals surface area contributed by atoms with E-state index in [-0.39, 0.29) is 5.91 Å². The molecule has 0 radical (unpaired) electrons. The van der Waals surface area contributed by atoms with Crippen molar-refractivity contribution in [2.24, 2.45) is 0 Å². The Kier molecular flexibility index (Phi) is 6.17. The lowest BCUT2D eigenvalue weighted by molar-refractivity contribution is -0.885. The van der Waals surface area contributed by atoms with Crippen molar-refractivity contribution in [3.63, 3.8) is 0 Å². The standard InChI is InChI=1S/C22H25ClN4O/c1-15-12-18(23)10-11-21(15)24-22(28)14-26(4)13-20-16(2)25-27(17(20)3)19-8-6-5-7-9-19/h5-12H,13-14H2,1-4H3,(H,24,28)/p+1. The molecule has 1 unspecified atom stereocenters. The maximum atomic E-state index is 12.5. The predicted molar refractivity (Wildman–Crippen MR) is 113 cm³/mol. The minimum absolute atomic E-state index is 0.0197. The Labute approximate surface area is 170 Å². The molecule has 1 atom stereocenters. The van der Waals surface area contributed by atoms with Crippen LogP contribution in [-0.4, -0.2) is 29.3 Å². The van der Waals surface area contributed by atoms with Gasteiger partial charge in [-0.15, -0.1) is 0 Å². The van der Waals surface area contributed by atoms with Gasteiger partial charge in [-0.3, -0.25) is 4.79 Å². The average Bonchev–Trinajstić information content (AvgIpc) is 2.93. The number of carbonyl (C=O) groups is 1. The van der Waals surface area contributed by atoms with Crippen LogP contribution < -0.4 is 10.2 Å². The largest absolute Gasteiger partial charge is 0.326 e. The van der Waals surface area contributed by atoms with Crippen molar-refractivity contribution < 1.29 is 9.69 Å². The molecule has 3 rings (SSSR count). The van der Waals surface area contributed by atoms with E-state index in [0.717, 1.165) is 39.8 Å². The van der Waals surface area contributed by atoms with E-state index < -0.39 is 0 Å². The SMILES string of the molecule is Cc1cc(Cl)ccc1NC(=O)C[NH+](C)Cc1c(C)nn(-c2ccccc2)c1C. The summed E-state index contributed by atoms with van der Waals surface area (Å²) in [4.78, 5) is 13.6. The molecule has 1 aromatic heterocycles. The zero-order valence-corrected chi connectivity index (χ0v) is 17.5. The summed E-state index contributed by atoms with van der Waals surface area (Å²) >= 11 is 5.98. The van der Waals surface area contributed by atoms with Crippen molar-refractivity contribution in [1.29, 1.82) is 0 Å². The monoisotopic (exact) mass is 397 g/mol. The number of aromatic nitrogens is 2. The van der Waals surface area contributed by atoms with Gasteiger partial charge < -0.3 is 10.2 Å². The van der Waals surface area contributed by atoms with Crippen LogP contribution in [-0.2, 0) is 11.3 Å². The molecule has 0 aliphatic heterocycles. The molecular formula is C22H26ClN4O+. The molecule has 146 valence electrons. The predicted octanol–water partition coefficient (Wildman–Crippen LogP) is 3.10. The lowest BCUT2D eigenvalue weighted by Gasteiger charge is -2.15. The molecule has 5 nitrogen and oxygen atoms in total. The van der Waals surface area contributed by atoms with Gasteiger partial charge in [-0.25, -0.2) is 4.68 Å². The van der Waals surface area contributed by atoms with Crippen LogP contribution in [0.3, 0.4) is 0 Å². The molecule has 28 heavy (non-hydrogen) atoms. The molecule has 0 saturated carbocycles. The molecule has 1 amide bonds. The Bertz CT molecular complexity index is 982. The highest BCUT2D eigenvalue weighted by Gasteiger charge is 2.18. The maximum Gasteiger partial charge on any atom is 0.279 e. The number of anilines is 1. The third-order valence-electron chi connectivity index (χ3n) is 4.85. The lowest BCUT2D eigenvalue weighted by atomic mass is 10.2. The number of nitrogens with zero attached hydrogens (tertiary/aromatic N) is 2. The van der Waals surface area contributed by atoms with E-state index in [0.29, 0.717) is 11.6 Å². The number of para-hydroxylation sites is 1. The molecule has 0 aliphatic rings. The number of benzene rings is 2. The maximum absolute atomic E-state index is 12.5. The highest BCUT2D eigenvalue weighted by Crippen LogP contribution is 2.19. The number of rotatable bonds is 6. The lowest BCUT2D eigenvalue weighted by Crippen LogP contribution is -3.08. The van der Waals surface area contributed by atoms with Crippen molar-refractivity contribution in [3.8, 4) is 5.69 Å². The topological polar surface area (TPSA) is 51.4 Å². The van der Waals surface area contributed by atoms with Crippen molar-refractivity contribution in [3.05, 3.63) is 76.1 Å². The van der Waals surface area contributed by atoms with Crippen molar-refractivity contribution in [2.75, 3.05) is 18.9 Å². The summed E-state index contributed by atoms with van der Waals surface area (Å²) in [7, 11) is 2.02. The van der Waals surface area contributed by atoms with E-state index in [1.165, 1.54) is 5.56 Å². The van der Waals surface area contributed by atoms with Gasteiger partial charge in [0.1, 0.15) is 6.54 Å². The Morgan fingerprint density at radius 3 is 2.54 bits per heavy atom. The number of quaternary nitrogens is 1. The van der Waals surface area contributed by atoms with Gasteiger partial charge in [0.15, 0.2) is 6.54 Å². The van der Waals surface area contributed by atoms with Gasteiger partial charge in [0.2, 0.25) is 0 Å². The van der Waals surface area contributed by atoms with Crippen LogP contribution >= 0.6 is 11.6 Å². The summed E-state index contributed by atoms with van der Waals surface area (Å²) in [5, 5.41) is 8.33. The summed E-state index contributed by atoms with van der Waals surface area (Å²) in [6.45, 7) is 7.14. The molecule has 3 aromatic rings. The zero-order valence-electron chi connectivity index (χ0n) is 16.7. The molecular weight excluding hydrogens is 372 g/mol. The van der Waals surface area contributed by atoms with Crippen molar-refractivity contribution in [1.82, 2.24) is 9.78 Å².